The number of carbonyl (C=O) groups is 2. The number of ether oxygens (including phenoxy) is 1. The second-order valence-corrected chi connectivity index (χ2v) is 15.8. The van der Waals surface area contributed by atoms with Crippen molar-refractivity contribution in [2.75, 3.05) is 6.61 Å². The molecule has 0 heterocycles. The molecule has 0 rings (SSSR count). The van der Waals surface area contributed by atoms with Crippen LogP contribution in [0.5, 0.6) is 0 Å². The van der Waals surface area contributed by atoms with Crippen LogP contribution in [0.3, 0.4) is 0 Å². The maximum atomic E-state index is 13.1. The summed E-state index contributed by atoms with van der Waals surface area (Å²) in [7, 11) is 0. The maximum absolute atomic E-state index is 13.1. The highest BCUT2D eigenvalue weighted by Gasteiger charge is 2.24. The van der Waals surface area contributed by atoms with E-state index < -0.39 is 18.2 Å². The molecule has 0 aliphatic heterocycles. The smallest absolute Gasteiger partial charge is 0.306 e. The Labute approximate surface area is 334 Å². The summed E-state index contributed by atoms with van der Waals surface area (Å²) >= 11 is 0. The number of esters is 1. The Morgan fingerprint density at radius 1 is 0.556 bits per heavy atom. The number of unbranched alkanes of at least 4 members (excludes halogenated alkanes) is 23. The summed E-state index contributed by atoms with van der Waals surface area (Å²) in [5, 5.41) is 23.6. The molecule has 3 unspecified atom stereocenters. The molecule has 3 N–H and O–H groups in total. The molecule has 6 heteroatoms. The fourth-order valence-corrected chi connectivity index (χ4v) is 6.97. The molecule has 54 heavy (non-hydrogen) atoms. The minimum Gasteiger partial charge on any atom is -0.462 e. The van der Waals surface area contributed by atoms with Crippen molar-refractivity contribution in [3.63, 3.8) is 0 Å². The standard InChI is InChI=1S/C48H89NO5/c1-4-7-10-13-16-19-21-23-24-25-28-30-33-36-39-44(54-48(53)41-38-35-32-27-18-15-12-9-6-3)42-47(52)49-45(43-50)46(51)40-37-34-31-29-26-22-20-17-14-11-8-5-2/h7,10,16,19,23-24,44-46,50-51H,4-6,8-9,11-15,17-18,20-22,25-43H2,1-3H3,(H,49,52)/b10-7+,19-16+,24-23+. The Morgan fingerprint density at radius 3 is 1.52 bits per heavy atom. The number of nitrogens with one attached hydrogen (secondary N) is 1. The normalized spacial score (nSPS) is 13.6. The van der Waals surface area contributed by atoms with Crippen LogP contribution in [0, 0.1) is 0 Å². The van der Waals surface area contributed by atoms with Crippen molar-refractivity contribution in [3.05, 3.63) is 36.5 Å². The number of rotatable bonds is 41. The molecule has 0 aliphatic carbocycles. The van der Waals surface area contributed by atoms with E-state index in [0.717, 1.165) is 89.9 Å². The molecular weight excluding hydrogens is 671 g/mol. The van der Waals surface area contributed by atoms with Crippen LogP contribution in [-0.4, -0.2) is 46.9 Å². The maximum Gasteiger partial charge on any atom is 0.306 e. The first-order valence-corrected chi connectivity index (χ1v) is 23.2. The lowest BCUT2D eigenvalue weighted by molar-refractivity contribution is -0.151. The summed E-state index contributed by atoms with van der Waals surface area (Å²) in [6.07, 6.45) is 47.7. The lowest BCUT2D eigenvalue weighted by Crippen LogP contribution is -2.46. The van der Waals surface area contributed by atoms with Crippen molar-refractivity contribution in [1.82, 2.24) is 5.32 Å². The number of aliphatic hydroxyl groups excluding tert-OH is 2. The number of amides is 1. The van der Waals surface area contributed by atoms with E-state index in [2.05, 4.69) is 62.5 Å². The first-order chi connectivity index (χ1) is 26.5. The number of hydrogen-bond donors (Lipinski definition) is 3. The predicted molar refractivity (Wildman–Crippen MR) is 232 cm³/mol. The zero-order valence-corrected chi connectivity index (χ0v) is 35.9. The molecule has 6 nitrogen and oxygen atoms in total. The molecule has 0 saturated heterocycles. The van der Waals surface area contributed by atoms with Gasteiger partial charge in [0.2, 0.25) is 5.91 Å². The van der Waals surface area contributed by atoms with Crippen LogP contribution < -0.4 is 5.32 Å². The van der Waals surface area contributed by atoms with Crippen LogP contribution in [0.1, 0.15) is 233 Å². The number of carbonyl (C=O) groups excluding carboxylic acids is 2. The van der Waals surface area contributed by atoms with Gasteiger partial charge in [0.25, 0.3) is 0 Å². The molecule has 0 saturated carbocycles. The fourth-order valence-electron chi connectivity index (χ4n) is 6.97. The molecule has 316 valence electrons. The first-order valence-electron chi connectivity index (χ1n) is 23.2. The van der Waals surface area contributed by atoms with Gasteiger partial charge in [-0.15, -0.1) is 0 Å². The fraction of sp³-hybridized carbons (Fsp3) is 0.833. The van der Waals surface area contributed by atoms with Gasteiger partial charge in [-0.25, -0.2) is 0 Å². The highest BCUT2D eigenvalue weighted by atomic mass is 16.5. The molecule has 0 aromatic rings. The molecule has 3 atom stereocenters. The van der Waals surface area contributed by atoms with E-state index in [1.54, 1.807) is 0 Å². The summed E-state index contributed by atoms with van der Waals surface area (Å²) < 4.78 is 5.88. The van der Waals surface area contributed by atoms with E-state index in [1.807, 2.05) is 0 Å². The molecular formula is C48H89NO5. The van der Waals surface area contributed by atoms with Gasteiger partial charge in [0, 0.05) is 6.42 Å². The van der Waals surface area contributed by atoms with Crippen LogP contribution in [-0.2, 0) is 14.3 Å². The first kappa shape index (κ1) is 52.1. The number of aliphatic hydroxyl groups is 2. The van der Waals surface area contributed by atoms with Crippen LogP contribution >= 0.6 is 0 Å². The van der Waals surface area contributed by atoms with Crippen LogP contribution in [0.2, 0.25) is 0 Å². The van der Waals surface area contributed by atoms with Crippen LogP contribution in [0.15, 0.2) is 36.5 Å². The average Bonchev–Trinajstić information content (AvgIpc) is 3.16. The van der Waals surface area contributed by atoms with E-state index in [0.29, 0.717) is 19.3 Å². The molecule has 0 fully saturated rings. The van der Waals surface area contributed by atoms with Gasteiger partial charge in [-0.1, -0.05) is 198 Å². The minimum absolute atomic E-state index is 0.0653. The quantitative estimate of drug-likeness (QED) is 0.0328. The van der Waals surface area contributed by atoms with Crippen molar-refractivity contribution in [2.24, 2.45) is 0 Å². The molecule has 0 aliphatic rings. The Kier molecular flexibility index (Phi) is 40.7. The highest BCUT2D eigenvalue weighted by molar-refractivity contribution is 5.77. The molecule has 0 aromatic heterocycles. The molecule has 0 spiro atoms. The zero-order chi connectivity index (χ0) is 39.6. The van der Waals surface area contributed by atoms with Gasteiger partial charge in [-0.05, 0) is 57.8 Å². The number of hydrogen-bond acceptors (Lipinski definition) is 5. The van der Waals surface area contributed by atoms with E-state index >= 15 is 0 Å². The third-order valence-electron chi connectivity index (χ3n) is 10.5. The third kappa shape index (κ3) is 37.0. The molecule has 0 aromatic carbocycles. The Hall–Kier alpha value is -1.92. The number of allylic oxidation sites excluding steroid dienone is 6. The van der Waals surface area contributed by atoms with E-state index in [1.165, 1.54) is 96.3 Å². The second kappa shape index (κ2) is 42.2. The molecule has 0 bridgehead atoms. The van der Waals surface area contributed by atoms with Gasteiger partial charge in [-0.3, -0.25) is 9.59 Å². The molecule has 0 radical (unpaired) electrons. The molecule has 1 amide bonds. The Morgan fingerprint density at radius 2 is 1.00 bits per heavy atom. The Bertz CT molecular complexity index is 900. The van der Waals surface area contributed by atoms with Crippen molar-refractivity contribution in [2.45, 2.75) is 251 Å². The van der Waals surface area contributed by atoms with Crippen molar-refractivity contribution >= 4 is 11.9 Å². The van der Waals surface area contributed by atoms with Crippen molar-refractivity contribution in [1.29, 1.82) is 0 Å². The SMILES string of the molecule is CC/C=C/C/C=C/C/C=C/CCCCCCC(CC(=O)NC(CO)C(O)CCCCCCCCCCCCCC)OC(=O)CCCCCCCCCCC. The van der Waals surface area contributed by atoms with Gasteiger partial charge < -0.3 is 20.3 Å². The van der Waals surface area contributed by atoms with Crippen molar-refractivity contribution in [3.8, 4) is 0 Å². The zero-order valence-electron chi connectivity index (χ0n) is 35.9. The second-order valence-electron chi connectivity index (χ2n) is 15.8. The van der Waals surface area contributed by atoms with Crippen molar-refractivity contribution < 1.29 is 24.5 Å². The largest absolute Gasteiger partial charge is 0.462 e. The van der Waals surface area contributed by atoms with E-state index in [9.17, 15) is 19.8 Å². The predicted octanol–water partition coefficient (Wildman–Crippen LogP) is 13.3. The average molecular weight is 760 g/mol. The summed E-state index contributed by atoms with van der Waals surface area (Å²) in [5.74, 6) is -0.494. The lowest BCUT2D eigenvalue weighted by atomic mass is 10.0. The highest BCUT2D eigenvalue weighted by Crippen LogP contribution is 2.17. The monoisotopic (exact) mass is 760 g/mol. The minimum atomic E-state index is -0.789. The summed E-state index contributed by atoms with van der Waals surface area (Å²) in [4.78, 5) is 25.9. The Balaban J connectivity index is 4.60. The third-order valence-corrected chi connectivity index (χ3v) is 10.5. The van der Waals surface area contributed by atoms with E-state index in [-0.39, 0.29) is 24.9 Å². The van der Waals surface area contributed by atoms with Crippen LogP contribution in [0.4, 0.5) is 0 Å². The summed E-state index contributed by atoms with van der Waals surface area (Å²) in [6, 6.07) is -0.704. The van der Waals surface area contributed by atoms with Gasteiger partial charge >= 0.3 is 5.97 Å². The lowest BCUT2D eigenvalue weighted by Gasteiger charge is -2.24. The van der Waals surface area contributed by atoms with Gasteiger partial charge in [0.05, 0.1) is 25.2 Å². The van der Waals surface area contributed by atoms with Gasteiger partial charge in [0.1, 0.15) is 6.10 Å². The summed E-state index contributed by atoms with van der Waals surface area (Å²) in [5.41, 5.74) is 0. The van der Waals surface area contributed by atoms with Gasteiger partial charge in [-0.2, -0.15) is 0 Å². The van der Waals surface area contributed by atoms with Gasteiger partial charge in [0.15, 0.2) is 0 Å². The summed E-state index contributed by atoms with van der Waals surface area (Å²) in [6.45, 7) is 6.34. The van der Waals surface area contributed by atoms with E-state index in [4.69, 9.17) is 4.74 Å². The van der Waals surface area contributed by atoms with Crippen LogP contribution in [0.25, 0.3) is 0 Å². The topological polar surface area (TPSA) is 95.9 Å².